The minimum atomic E-state index is -1.07. The van der Waals surface area contributed by atoms with Crippen molar-refractivity contribution in [1.82, 2.24) is 0 Å². The smallest absolute Gasteiger partial charge is 0.314 e. The number of benzene rings is 2. The van der Waals surface area contributed by atoms with Gasteiger partial charge in [0.05, 0.1) is 5.41 Å². The summed E-state index contributed by atoms with van der Waals surface area (Å²) in [5.41, 5.74) is 0.482. The van der Waals surface area contributed by atoms with Gasteiger partial charge in [0.1, 0.15) is 0 Å². The number of carbonyl (C=O) groups is 1. The van der Waals surface area contributed by atoms with E-state index in [2.05, 4.69) is 0 Å². The lowest BCUT2D eigenvalue weighted by Crippen LogP contribution is -2.34. The van der Waals surface area contributed by atoms with E-state index >= 15 is 0 Å². The molecule has 0 aliphatic carbocycles. The topological polar surface area (TPSA) is 37.3 Å². The van der Waals surface area contributed by atoms with Crippen LogP contribution in [0.2, 0.25) is 10.0 Å². The number of carboxylic acids is 1. The summed E-state index contributed by atoms with van der Waals surface area (Å²) in [5, 5.41) is 10.5. The highest BCUT2D eigenvalue weighted by Gasteiger charge is 2.35. The molecular weight excluding hydrogens is 295 g/mol. The molecule has 1 N–H and O–H groups in total. The molecule has 2 nitrogen and oxygen atoms in total. The molecule has 4 heteroatoms. The molecule has 0 radical (unpaired) electrons. The zero-order chi connectivity index (χ0) is 14.8. The van der Waals surface area contributed by atoms with Crippen LogP contribution in [0.15, 0.2) is 48.5 Å². The second kappa shape index (κ2) is 5.86. The van der Waals surface area contributed by atoms with Gasteiger partial charge in [-0.05, 0) is 42.7 Å². The molecule has 0 aliphatic rings. The van der Waals surface area contributed by atoms with Crippen molar-refractivity contribution in [1.29, 1.82) is 0 Å². The lowest BCUT2D eigenvalue weighted by molar-refractivity contribution is -0.143. The van der Waals surface area contributed by atoms with E-state index in [1.165, 1.54) is 0 Å². The van der Waals surface area contributed by atoms with E-state index in [4.69, 9.17) is 23.2 Å². The summed E-state index contributed by atoms with van der Waals surface area (Å²) in [7, 11) is 0. The molecule has 0 spiro atoms. The highest BCUT2D eigenvalue weighted by molar-refractivity contribution is 6.34. The van der Waals surface area contributed by atoms with Crippen molar-refractivity contribution in [3.05, 3.63) is 69.7 Å². The Morgan fingerprint density at radius 1 is 1.10 bits per heavy atom. The summed E-state index contributed by atoms with van der Waals surface area (Å²) in [6, 6.07) is 14.4. The molecule has 0 bridgehead atoms. The normalized spacial score (nSPS) is 13.8. The largest absolute Gasteiger partial charge is 0.481 e. The standard InChI is InChI=1S/C16H14Cl2O2/c1-16(15(19)20,10-11-5-3-2-4-6-11)12-7-13(17)9-14(18)8-12/h2-9H,10H2,1H3,(H,19,20). The number of hydrogen-bond acceptors (Lipinski definition) is 1. The van der Waals surface area contributed by atoms with Crippen molar-refractivity contribution in [3.63, 3.8) is 0 Å². The van der Waals surface area contributed by atoms with Crippen molar-refractivity contribution < 1.29 is 9.90 Å². The predicted molar refractivity (Wildman–Crippen MR) is 81.6 cm³/mol. The van der Waals surface area contributed by atoms with Crippen LogP contribution < -0.4 is 0 Å². The summed E-state index contributed by atoms with van der Waals surface area (Å²) in [6.45, 7) is 1.68. The molecule has 2 aromatic rings. The molecule has 1 unspecified atom stereocenters. The maximum atomic E-state index is 11.8. The molecule has 0 saturated carbocycles. The van der Waals surface area contributed by atoms with Crippen LogP contribution in [0.4, 0.5) is 0 Å². The van der Waals surface area contributed by atoms with Gasteiger partial charge in [-0.15, -0.1) is 0 Å². The maximum absolute atomic E-state index is 11.8. The Labute approximate surface area is 128 Å². The molecule has 104 valence electrons. The predicted octanol–water partition coefficient (Wildman–Crippen LogP) is 4.58. The van der Waals surface area contributed by atoms with Crippen LogP contribution >= 0.6 is 23.2 Å². The van der Waals surface area contributed by atoms with Gasteiger partial charge in [-0.1, -0.05) is 53.5 Å². The number of hydrogen-bond donors (Lipinski definition) is 1. The van der Waals surface area contributed by atoms with E-state index in [1.54, 1.807) is 25.1 Å². The zero-order valence-electron chi connectivity index (χ0n) is 10.9. The van der Waals surface area contributed by atoms with Gasteiger partial charge in [0.25, 0.3) is 0 Å². The van der Waals surface area contributed by atoms with Crippen LogP contribution in [0.3, 0.4) is 0 Å². The fraction of sp³-hybridized carbons (Fsp3) is 0.188. The van der Waals surface area contributed by atoms with E-state index in [9.17, 15) is 9.90 Å². The highest BCUT2D eigenvalue weighted by atomic mass is 35.5. The Hall–Kier alpha value is -1.51. The lowest BCUT2D eigenvalue weighted by Gasteiger charge is -2.26. The van der Waals surface area contributed by atoms with Gasteiger partial charge in [0.2, 0.25) is 0 Å². The Morgan fingerprint density at radius 2 is 1.65 bits per heavy atom. The Kier molecular flexibility index (Phi) is 4.36. The second-order valence-electron chi connectivity index (χ2n) is 4.96. The van der Waals surface area contributed by atoms with Crippen molar-refractivity contribution in [2.75, 3.05) is 0 Å². The van der Waals surface area contributed by atoms with E-state index in [0.29, 0.717) is 22.0 Å². The minimum Gasteiger partial charge on any atom is -0.481 e. The van der Waals surface area contributed by atoms with Gasteiger partial charge in [-0.2, -0.15) is 0 Å². The first-order valence-corrected chi connectivity index (χ1v) is 6.91. The average molecular weight is 309 g/mol. The van der Waals surface area contributed by atoms with Crippen molar-refractivity contribution in [2.24, 2.45) is 0 Å². The fourth-order valence-electron chi connectivity index (χ4n) is 2.18. The summed E-state index contributed by atoms with van der Waals surface area (Å²) >= 11 is 12.0. The number of aliphatic carboxylic acids is 1. The summed E-state index contributed by atoms with van der Waals surface area (Å²) < 4.78 is 0. The zero-order valence-corrected chi connectivity index (χ0v) is 12.4. The molecule has 1 atom stereocenters. The quantitative estimate of drug-likeness (QED) is 0.897. The Bertz CT molecular complexity index is 605. The van der Waals surface area contributed by atoms with Crippen molar-refractivity contribution in [3.8, 4) is 0 Å². The SMILES string of the molecule is CC(Cc1ccccc1)(C(=O)O)c1cc(Cl)cc(Cl)c1. The third-order valence-electron chi connectivity index (χ3n) is 3.37. The van der Waals surface area contributed by atoms with Crippen molar-refractivity contribution in [2.45, 2.75) is 18.8 Å². The van der Waals surface area contributed by atoms with E-state index in [-0.39, 0.29) is 0 Å². The minimum absolute atomic E-state index is 0.375. The molecule has 0 aromatic heterocycles. The summed E-state index contributed by atoms with van der Waals surface area (Å²) in [6.07, 6.45) is 0.375. The molecule has 0 amide bonds. The molecule has 0 saturated heterocycles. The van der Waals surface area contributed by atoms with Crippen LogP contribution in [0, 0.1) is 0 Å². The number of rotatable bonds is 4. The van der Waals surface area contributed by atoms with Gasteiger partial charge >= 0.3 is 5.97 Å². The van der Waals surface area contributed by atoms with Gasteiger partial charge in [-0.25, -0.2) is 0 Å². The third kappa shape index (κ3) is 3.14. The first-order valence-electron chi connectivity index (χ1n) is 6.16. The molecule has 0 aliphatic heterocycles. The van der Waals surface area contributed by atoms with Gasteiger partial charge in [-0.3, -0.25) is 4.79 Å². The van der Waals surface area contributed by atoms with E-state index < -0.39 is 11.4 Å². The van der Waals surface area contributed by atoms with Gasteiger partial charge in [0, 0.05) is 10.0 Å². The second-order valence-corrected chi connectivity index (χ2v) is 5.83. The average Bonchev–Trinajstić information content (AvgIpc) is 2.38. The maximum Gasteiger partial charge on any atom is 0.314 e. The van der Waals surface area contributed by atoms with Crippen LogP contribution in [0.25, 0.3) is 0 Å². The van der Waals surface area contributed by atoms with Gasteiger partial charge in [0.15, 0.2) is 0 Å². The van der Waals surface area contributed by atoms with Crippen LogP contribution in [0.5, 0.6) is 0 Å². The molecule has 2 aromatic carbocycles. The highest BCUT2D eigenvalue weighted by Crippen LogP contribution is 2.32. The molecule has 0 fully saturated rings. The fourth-order valence-corrected chi connectivity index (χ4v) is 2.70. The monoisotopic (exact) mass is 308 g/mol. The van der Waals surface area contributed by atoms with Crippen LogP contribution in [-0.2, 0) is 16.6 Å². The summed E-state index contributed by atoms with van der Waals surface area (Å²) in [5.74, 6) is -0.903. The van der Waals surface area contributed by atoms with Crippen LogP contribution in [-0.4, -0.2) is 11.1 Å². The first kappa shape index (κ1) is 14.9. The third-order valence-corrected chi connectivity index (χ3v) is 3.81. The Morgan fingerprint density at radius 3 is 2.15 bits per heavy atom. The van der Waals surface area contributed by atoms with E-state index in [0.717, 1.165) is 5.56 Å². The van der Waals surface area contributed by atoms with Crippen LogP contribution in [0.1, 0.15) is 18.1 Å². The molecule has 2 rings (SSSR count). The molecule has 20 heavy (non-hydrogen) atoms. The number of halogens is 2. The number of carboxylic acid groups (broad SMARTS) is 1. The molecular formula is C16H14Cl2O2. The summed E-state index contributed by atoms with van der Waals surface area (Å²) in [4.78, 5) is 11.8. The Balaban J connectivity index is 2.46. The van der Waals surface area contributed by atoms with E-state index in [1.807, 2.05) is 30.3 Å². The lowest BCUT2D eigenvalue weighted by atomic mass is 9.77. The first-order chi connectivity index (χ1) is 9.41. The molecule has 0 heterocycles. The van der Waals surface area contributed by atoms with Crippen molar-refractivity contribution >= 4 is 29.2 Å². The van der Waals surface area contributed by atoms with Gasteiger partial charge < -0.3 is 5.11 Å².